The summed E-state index contributed by atoms with van der Waals surface area (Å²) in [4.78, 5) is 10.5. The second-order valence-corrected chi connectivity index (χ2v) is 4.33. The molecule has 2 rings (SSSR count). The number of rotatable bonds is 3. The SMILES string of the molecule is O=Cc1ccc(Oc2ccc(F)cc2Br)cc1F. The number of aldehydes is 1. The number of halogens is 3. The third kappa shape index (κ3) is 2.73. The highest BCUT2D eigenvalue weighted by molar-refractivity contribution is 9.10. The maximum absolute atomic E-state index is 13.3. The summed E-state index contributed by atoms with van der Waals surface area (Å²) >= 11 is 3.14. The maximum Gasteiger partial charge on any atom is 0.152 e. The van der Waals surface area contributed by atoms with Gasteiger partial charge in [-0.05, 0) is 46.3 Å². The lowest BCUT2D eigenvalue weighted by Gasteiger charge is -2.08. The fourth-order valence-electron chi connectivity index (χ4n) is 1.35. The standard InChI is InChI=1S/C13H7BrF2O2/c14-11-5-9(15)2-4-13(11)18-10-3-1-8(7-17)12(16)6-10/h1-7H. The van der Waals surface area contributed by atoms with Crippen molar-refractivity contribution in [3.63, 3.8) is 0 Å². The second-order valence-electron chi connectivity index (χ2n) is 3.48. The van der Waals surface area contributed by atoms with Gasteiger partial charge in [-0.2, -0.15) is 0 Å². The molecule has 0 aromatic heterocycles. The van der Waals surface area contributed by atoms with Crippen molar-refractivity contribution in [3.8, 4) is 11.5 Å². The van der Waals surface area contributed by atoms with Crippen LogP contribution < -0.4 is 4.74 Å². The van der Waals surface area contributed by atoms with E-state index in [2.05, 4.69) is 15.9 Å². The van der Waals surface area contributed by atoms with Crippen LogP contribution in [-0.4, -0.2) is 6.29 Å². The van der Waals surface area contributed by atoms with Gasteiger partial charge in [0.2, 0.25) is 0 Å². The molecule has 0 aliphatic rings. The van der Waals surface area contributed by atoms with Crippen LogP contribution in [0.3, 0.4) is 0 Å². The first-order valence-electron chi connectivity index (χ1n) is 4.98. The summed E-state index contributed by atoms with van der Waals surface area (Å²) in [5.74, 6) is -0.488. The Bertz CT molecular complexity index is 600. The lowest BCUT2D eigenvalue weighted by molar-refractivity contribution is 0.112. The van der Waals surface area contributed by atoms with Gasteiger partial charge in [-0.3, -0.25) is 4.79 Å². The Labute approximate surface area is 110 Å². The largest absolute Gasteiger partial charge is 0.456 e. The van der Waals surface area contributed by atoms with Gasteiger partial charge in [0.15, 0.2) is 6.29 Å². The summed E-state index contributed by atoms with van der Waals surface area (Å²) in [5.41, 5.74) is -0.0412. The number of carbonyl (C=O) groups is 1. The first kappa shape index (κ1) is 12.7. The monoisotopic (exact) mass is 312 g/mol. The Morgan fingerprint density at radius 1 is 1.11 bits per heavy atom. The molecule has 0 spiro atoms. The molecule has 0 bridgehead atoms. The molecule has 18 heavy (non-hydrogen) atoms. The summed E-state index contributed by atoms with van der Waals surface area (Å²) < 4.78 is 32.0. The molecule has 0 amide bonds. The van der Waals surface area contributed by atoms with Gasteiger partial charge >= 0.3 is 0 Å². The molecule has 0 heterocycles. The van der Waals surface area contributed by atoms with E-state index in [-0.39, 0.29) is 11.3 Å². The number of hydrogen-bond acceptors (Lipinski definition) is 2. The average molecular weight is 313 g/mol. The highest BCUT2D eigenvalue weighted by Gasteiger charge is 2.07. The molecule has 0 aliphatic heterocycles. The molecule has 0 aliphatic carbocycles. The van der Waals surface area contributed by atoms with Crippen LogP contribution in [0.15, 0.2) is 40.9 Å². The molecular formula is C13H7BrF2O2. The Morgan fingerprint density at radius 3 is 2.50 bits per heavy atom. The molecule has 0 fully saturated rings. The van der Waals surface area contributed by atoms with Crippen molar-refractivity contribution >= 4 is 22.2 Å². The summed E-state index contributed by atoms with van der Waals surface area (Å²) in [6, 6.07) is 7.77. The molecule has 0 saturated carbocycles. The first-order chi connectivity index (χ1) is 8.60. The molecule has 2 aromatic rings. The van der Waals surface area contributed by atoms with Gasteiger partial charge in [-0.25, -0.2) is 8.78 Å². The minimum absolute atomic E-state index is 0.0412. The van der Waals surface area contributed by atoms with E-state index in [0.29, 0.717) is 16.5 Å². The van der Waals surface area contributed by atoms with E-state index in [1.165, 1.54) is 30.3 Å². The van der Waals surface area contributed by atoms with Crippen molar-refractivity contribution in [2.75, 3.05) is 0 Å². The molecule has 2 aromatic carbocycles. The summed E-state index contributed by atoms with van der Waals surface area (Å²) in [6.45, 7) is 0. The lowest BCUT2D eigenvalue weighted by Crippen LogP contribution is -1.91. The number of hydrogen-bond donors (Lipinski definition) is 0. The van der Waals surface area contributed by atoms with Crippen LogP contribution in [0.1, 0.15) is 10.4 Å². The van der Waals surface area contributed by atoms with Gasteiger partial charge in [0.05, 0.1) is 10.0 Å². The van der Waals surface area contributed by atoms with E-state index >= 15 is 0 Å². The Morgan fingerprint density at radius 2 is 1.89 bits per heavy atom. The van der Waals surface area contributed by atoms with Crippen LogP contribution in [0.4, 0.5) is 8.78 Å². The van der Waals surface area contributed by atoms with Crippen molar-refractivity contribution in [1.29, 1.82) is 0 Å². The van der Waals surface area contributed by atoms with Gasteiger partial charge in [-0.15, -0.1) is 0 Å². The van der Waals surface area contributed by atoms with Gasteiger partial charge in [0, 0.05) is 6.07 Å². The van der Waals surface area contributed by atoms with Gasteiger partial charge < -0.3 is 4.74 Å². The van der Waals surface area contributed by atoms with Crippen molar-refractivity contribution in [1.82, 2.24) is 0 Å². The third-order valence-corrected chi connectivity index (χ3v) is 2.84. The third-order valence-electron chi connectivity index (χ3n) is 2.22. The normalized spacial score (nSPS) is 10.2. The molecule has 5 heteroatoms. The highest BCUT2D eigenvalue weighted by atomic mass is 79.9. The molecule has 0 atom stereocenters. The average Bonchev–Trinajstić information content (AvgIpc) is 2.33. The smallest absolute Gasteiger partial charge is 0.152 e. The van der Waals surface area contributed by atoms with Gasteiger partial charge in [0.25, 0.3) is 0 Å². The Kier molecular flexibility index (Phi) is 3.72. The first-order valence-corrected chi connectivity index (χ1v) is 5.77. The predicted molar refractivity (Wildman–Crippen MR) is 66.0 cm³/mol. The lowest BCUT2D eigenvalue weighted by atomic mass is 10.2. The van der Waals surface area contributed by atoms with Gasteiger partial charge in [-0.1, -0.05) is 0 Å². The number of ether oxygens (including phenoxy) is 1. The van der Waals surface area contributed by atoms with Crippen LogP contribution >= 0.6 is 15.9 Å². The topological polar surface area (TPSA) is 26.3 Å². The zero-order valence-electron chi connectivity index (χ0n) is 8.99. The molecular weight excluding hydrogens is 306 g/mol. The molecule has 0 saturated heterocycles. The van der Waals surface area contributed by atoms with Crippen molar-refractivity contribution < 1.29 is 18.3 Å². The minimum Gasteiger partial charge on any atom is -0.456 e. The van der Waals surface area contributed by atoms with E-state index in [4.69, 9.17) is 4.74 Å². The van der Waals surface area contributed by atoms with Crippen LogP contribution in [0.25, 0.3) is 0 Å². The van der Waals surface area contributed by atoms with Crippen molar-refractivity contribution in [2.45, 2.75) is 0 Å². The maximum atomic E-state index is 13.3. The molecule has 0 N–H and O–H groups in total. The van der Waals surface area contributed by atoms with E-state index in [0.717, 1.165) is 6.07 Å². The van der Waals surface area contributed by atoms with E-state index in [1.807, 2.05) is 0 Å². The predicted octanol–water partition coefficient (Wildman–Crippen LogP) is 4.33. The molecule has 92 valence electrons. The molecule has 2 nitrogen and oxygen atoms in total. The highest BCUT2D eigenvalue weighted by Crippen LogP contribution is 2.30. The van der Waals surface area contributed by atoms with Crippen LogP contribution in [0.2, 0.25) is 0 Å². The van der Waals surface area contributed by atoms with Crippen LogP contribution in [0, 0.1) is 11.6 Å². The number of carbonyl (C=O) groups excluding carboxylic acids is 1. The Balaban J connectivity index is 2.28. The van der Waals surface area contributed by atoms with Crippen LogP contribution in [0.5, 0.6) is 11.5 Å². The van der Waals surface area contributed by atoms with Crippen LogP contribution in [-0.2, 0) is 0 Å². The van der Waals surface area contributed by atoms with Crippen molar-refractivity contribution in [2.24, 2.45) is 0 Å². The summed E-state index contributed by atoms with van der Waals surface area (Å²) in [6.07, 6.45) is 0.424. The number of benzene rings is 2. The second kappa shape index (κ2) is 5.27. The molecule has 0 radical (unpaired) electrons. The quantitative estimate of drug-likeness (QED) is 0.788. The minimum atomic E-state index is -0.666. The van der Waals surface area contributed by atoms with Crippen molar-refractivity contribution in [3.05, 3.63) is 58.1 Å². The van der Waals surface area contributed by atoms with E-state index in [9.17, 15) is 13.6 Å². The van der Waals surface area contributed by atoms with E-state index < -0.39 is 11.6 Å². The zero-order chi connectivity index (χ0) is 13.1. The summed E-state index contributed by atoms with van der Waals surface area (Å²) in [5, 5.41) is 0. The fourth-order valence-corrected chi connectivity index (χ4v) is 1.78. The van der Waals surface area contributed by atoms with Gasteiger partial charge in [0.1, 0.15) is 23.1 Å². The Hall–Kier alpha value is -1.75. The zero-order valence-corrected chi connectivity index (χ0v) is 10.6. The fraction of sp³-hybridized carbons (Fsp3) is 0. The van der Waals surface area contributed by atoms with E-state index in [1.54, 1.807) is 0 Å². The molecule has 0 unspecified atom stereocenters. The summed E-state index contributed by atoms with van der Waals surface area (Å²) in [7, 11) is 0.